The summed E-state index contributed by atoms with van der Waals surface area (Å²) in [5, 5.41) is 2.66. The molecule has 3 nitrogen and oxygen atoms in total. The zero-order valence-corrected chi connectivity index (χ0v) is 13.0. The highest BCUT2D eigenvalue weighted by Gasteiger charge is 2.26. The summed E-state index contributed by atoms with van der Waals surface area (Å²) in [7, 11) is 1.33. The third-order valence-corrected chi connectivity index (χ3v) is 3.55. The van der Waals surface area contributed by atoms with E-state index in [1.54, 1.807) is 6.08 Å². The van der Waals surface area contributed by atoms with Gasteiger partial charge in [0.15, 0.2) is 17.3 Å². The van der Waals surface area contributed by atoms with Crippen LogP contribution in [0.4, 0.5) is 17.6 Å². The monoisotopic (exact) mass is 343 g/mol. The first-order valence-electron chi connectivity index (χ1n) is 7.40. The van der Waals surface area contributed by atoms with Crippen molar-refractivity contribution in [3.05, 3.63) is 53.0 Å². The van der Waals surface area contributed by atoms with Gasteiger partial charge in [-0.25, -0.2) is 4.39 Å². The summed E-state index contributed by atoms with van der Waals surface area (Å²) in [6, 6.07) is 3.92. The number of benzene rings is 1. The molecule has 0 radical (unpaired) electrons. The predicted molar refractivity (Wildman–Crippen MR) is 81.4 cm³/mol. The number of alkyl halides is 3. The third kappa shape index (κ3) is 4.84. The number of nitrogens with one attached hydrogen (secondary N) is 1. The molecule has 0 saturated heterocycles. The van der Waals surface area contributed by atoms with Gasteiger partial charge in [0, 0.05) is 23.4 Å². The molecule has 24 heavy (non-hydrogen) atoms. The number of allylic oxidation sites excluding steroid dienone is 3. The average molecular weight is 343 g/mol. The molecule has 0 heterocycles. The summed E-state index contributed by atoms with van der Waals surface area (Å²) in [5.74, 6) is -0.947. The van der Waals surface area contributed by atoms with Gasteiger partial charge < -0.3 is 10.1 Å². The van der Waals surface area contributed by atoms with Crippen LogP contribution < -0.4 is 10.1 Å². The van der Waals surface area contributed by atoms with E-state index in [9.17, 15) is 22.4 Å². The second kappa shape index (κ2) is 7.51. The van der Waals surface area contributed by atoms with Gasteiger partial charge >= 0.3 is 6.18 Å². The van der Waals surface area contributed by atoms with Crippen molar-refractivity contribution in [2.24, 2.45) is 0 Å². The van der Waals surface area contributed by atoms with E-state index < -0.39 is 18.4 Å². The van der Waals surface area contributed by atoms with Crippen molar-refractivity contribution < 1.29 is 27.1 Å². The first-order valence-corrected chi connectivity index (χ1v) is 7.40. The Morgan fingerprint density at radius 3 is 2.71 bits per heavy atom. The zero-order chi connectivity index (χ0) is 17.7. The molecule has 0 unspecified atom stereocenters. The van der Waals surface area contributed by atoms with Gasteiger partial charge in [-0.15, -0.1) is 0 Å². The number of ketones is 1. The number of carbonyl (C=O) groups excluding carboxylic acids is 1. The molecule has 7 heteroatoms. The highest BCUT2D eigenvalue weighted by Crippen LogP contribution is 2.24. The van der Waals surface area contributed by atoms with Crippen LogP contribution in [0.5, 0.6) is 5.75 Å². The van der Waals surface area contributed by atoms with E-state index in [0.29, 0.717) is 24.1 Å². The smallest absolute Gasteiger partial charge is 0.390 e. The molecule has 1 N–H and O–H groups in total. The van der Waals surface area contributed by atoms with E-state index in [0.717, 1.165) is 6.07 Å². The Bertz CT molecular complexity index is 678. The van der Waals surface area contributed by atoms with Crippen LogP contribution in [0.25, 0.3) is 0 Å². The summed E-state index contributed by atoms with van der Waals surface area (Å²) in [6.07, 6.45) is -0.941. The van der Waals surface area contributed by atoms with Crippen molar-refractivity contribution in [2.45, 2.75) is 25.4 Å². The summed E-state index contributed by atoms with van der Waals surface area (Å²) in [4.78, 5) is 12.4. The van der Waals surface area contributed by atoms with Crippen LogP contribution in [-0.4, -0.2) is 25.6 Å². The van der Waals surface area contributed by atoms with Crippen molar-refractivity contribution in [3.63, 3.8) is 0 Å². The molecule has 0 fully saturated rings. The van der Waals surface area contributed by atoms with Crippen LogP contribution in [0.15, 0.2) is 41.6 Å². The molecular weight excluding hydrogens is 326 g/mol. The molecule has 130 valence electrons. The Hall–Kier alpha value is -2.31. The minimum absolute atomic E-state index is 0.0403. The SMILES string of the molecule is COc1ccc(C(=O)C2=CC(NCCC(F)(F)F)=CCC2)cc1F. The summed E-state index contributed by atoms with van der Waals surface area (Å²) >= 11 is 0. The Balaban J connectivity index is 2.06. The summed E-state index contributed by atoms with van der Waals surface area (Å²) < 4.78 is 55.0. The molecule has 0 spiro atoms. The lowest BCUT2D eigenvalue weighted by molar-refractivity contribution is -0.133. The van der Waals surface area contributed by atoms with Crippen LogP contribution in [0.1, 0.15) is 29.6 Å². The predicted octanol–water partition coefficient (Wildman–Crippen LogP) is 4.16. The van der Waals surface area contributed by atoms with Crippen LogP contribution in [0.3, 0.4) is 0 Å². The number of hydrogen-bond acceptors (Lipinski definition) is 3. The van der Waals surface area contributed by atoms with Gasteiger partial charge in [0.25, 0.3) is 0 Å². The molecule has 0 amide bonds. The summed E-state index contributed by atoms with van der Waals surface area (Å²) in [6.45, 7) is -0.259. The molecule has 1 aliphatic rings. The topological polar surface area (TPSA) is 38.3 Å². The number of rotatable bonds is 6. The highest BCUT2D eigenvalue weighted by molar-refractivity contribution is 6.09. The maximum atomic E-state index is 13.7. The molecule has 0 atom stereocenters. The zero-order valence-electron chi connectivity index (χ0n) is 13.0. The molecule has 0 aromatic heterocycles. The first-order chi connectivity index (χ1) is 11.3. The van der Waals surface area contributed by atoms with Gasteiger partial charge in [0.2, 0.25) is 0 Å². The van der Waals surface area contributed by atoms with Gasteiger partial charge in [-0.1, -0.05) is 6.08 Å². The second-order valence-electron chi connectivity index (χ2n) is 5.34. The largest absolute Gasteiger partial charge is 0.494 e. The normalized spacial score (nSPS) is 14.7. The van der Waals surface area contributed by atoms with Gasteiger partial charge in [0.1, 0.15) is 0 Å². The Morgan fingerprint density at radius 1 is 1.33 bits per heavy atom. The van der Waals surface area contributed by atoms with Crippen LogP contribution in [-0.2, 0) is 0 Å². The van der Waals surface area contributed by atoms with E-state index in [1.807, 2.05) is 0 Å². The van der Waals surface area contributed by atoms with Crippen molar-refractivity contribution in [2.75, 3.05) is 13.7 Å². The van der Waals surface area contributed by atoms with Crippen molar-refractivity contribution >= 4 is 5.78 Å². The molecule has 0 aliphatic heterocycles. The molecule has 0 bridgehead atoms. The standard InChI is InChI=1S/C17H17F4NO2/c1-24-15-6-5-12(10-14(15)18)16(23)11-3-2-4-13(9-11)22-8-7-17(19,20)21/h4-6,9-10,22H,2-3,7-8H2,1H3. The number of halogens is 4. The second-order valence-corrected chi connectivity index (χ2v) is 5.34. The lowest BCUT2D eigenvalue weighted by atomic mass is 9.95. The Morgan fingerprint density at radius 2 is 2.08 bits per heavy atom. The van der Waals surface area contributed by atoms with Crippen LogP contribution >= 0.6 is 0 Å². The molecule has 0 saturated carbocycles. The van der Waals surface area contributed by atoms with E-state index in [4.69, 9.17) is 4.74 Å². The minimum atomic E-state index is -4.23. The van der Waals surface area contributed by atoms with Crippen molar-refractivity contribution in [1.82, 2.24) is 5.32 Å². The van der Waals surface area contributed by atoms with Gasteiger partial charge in [-0.2, -0.15) is 13.2 Å². The highest BCUT2D eigenvalue weighted by atomic mass is 19.4. The van der Waals surface area contributed by atoms with Crippen LogP contribution in [0, 0.1) is 5.82 Å². The number of hydrogen-bond donors (Lipinski definition) is 1. The van der Waals surface area contributed by atoms with Crippen LogP contribution in [0.2, 0.25) is 0 Å². The molecule has 1 aliphatic carbocycles. The number of carbonyl (C=O) groups is 1. The maximum Gasteiger partial charge on any atom is 0.390 e. The number of Topliss-reactive ketones (excluding diaryl/α,β-unsaturated/α-hetero) is 1. The fourth-order valence-corrected chi connectivity index (χ4v) is 2.35. The van der Waals surface area contributed by atoms with E-state index in [1.165, 1.54) is 25.3 Å². The minimum Gasteiger partial charge on any atom is -0.494 e. The van der Waals surface area contributed by atoms with E-state index >= 15 is 0 Å². The lowest BCUT2D eigenvalue weighted by Crippen LogP contribution is -2.22. The molecule has 2 rings (SSSR count). The molecule has 1 aromatic carbocycles. The van der Waals surface area contributed by atoms with Gasteiger partial charge in [-0.05, 0) is 37.1 Å². The number of ether oxygens (including phenoxy) is 1. The maximum absolute atomic E-state index is 13.7. The fourth-order valence-electron chi connectivity index (χ4n) is 2.35. The number of methoxy groups -OCH3 is 1. The van der Waals surface area contributed by atoms with Gasteiger partial charge in [0.05, 0.1) is 13.5 Å². The lowest BCUT2D eigenvalue weighted by Gasteiger charge is -2.16. The van der Waals surface area contributed by atoms with E-state index in [2.05, 4.69) is 5.32 Å². The fraction of sp³-hybridized carbons (Fsp3) is 0.353. The third-order valence-electron chi connectivity index (χ3n) is 3.55. The summed E-state index contributed by atoms with van der Waals surface area (Å²) in [5.41, 5.74) is 1.08. The van der Waals surface area contributed by atoms with Crippen molar-refractivity contribution in [1.29, 1.82) is 0 Å². The van der Waals surface area contributed by atoms with Gasteiger partial charge in [-0.3, -0.25) is 4.79 Å². The van der Waals surface area contributed by atoms with E-state index in [-0.39, 0.29) is 23.6 Å². The Labute approximate surface area is 137 Å². The Kier molecular flexibility index (Phi) is 5.64. The quantitative estimate of drug-likeness (QED) is 0.622. The van der Waals surface area contributed by atoms with Crippen molar-refractivity contribution in [3.8, 4) is 5.75 Å². The average Bonchev–Trinajstić information content (AvgIpc) is 2.53. The molecular formula is C17H17F4NO2. The molecule has 1 aromatic rings. The first kappa shape index (κ1) is 18.0.